The smallest absolute Gasteiger partial charge is 0.263 e. The lowest BCUT2D eigenvalue weighted by Gasteiger charge is -2.31. The van der Waals surface area contributed by atoms with Crippen molar-refractivity contribution in [3.05, 3.63) is 34.3 Å². The minimum Gasteiger partial charge on any atom is -0.338 e. The second-order valence-corrected chi connectivity index (χ2v) is 5.77. The molecule has 1 amide bonds. The fourth-order valence-corrected chi connectivity index (χ4v) is 3.28. The quantitative estimate of drug-likeness (QED) is 0.844. The number of aryl methyl sites for hydroxylation is 1. The average Bonchev–Trinajstić information content (AvgIpc) is 3.09. The third-order valence-corrected chi connectivity index (χ3v) is 4.49. The van der Waals surface area contributed by atoms with E-state index in [1.807, 2.05) is 23.3 Å². The molecule has 0 aliphatic carbocycles. The summed E-state index contributed by atoms with van der Waals surface area (Å²) < 4.78 is 0. The van der Waals surface area contributed by atoms with E-state index < -0.39 is 0 Å². The first-order valence-electron chi connectivity index (χ1n) is 6.44. The molecule has 3 rings (SSSR count). The SMILES string of the molecule is Cc1csc(C(=O)N2CCC(n3nccn3)CC2)c1. The maximum absolute atomic E-state index is 12.3. The summed E-state index contributed by atoms with van der Waals surface area (Å²) in [6, 6.07) is 2.29. The molecule has 0 bridgehead atoms. The third-order valence-electron chi connectivity index (χ3n) is 3.46. The lowest BCUT2D eigenvalue weighted by molar-refractivity contribution is 0.0688. The van der Waals surface area contributed by atoms with Crippen molar-refractivity contribution in [2.24, 2.45) is 0 Å². The van der Waals surface area contributed by atoms with Crippen LogP contribution in [-0.2, 0) is 0 Å². The van der Waals surface area contributed by atoms with Crippen molar-refractivity contribution < 1.29 is 4.79 Å². The molecule has 19 heavy (non-hydrogen) atoms. The van der Waals surface area contributed by atoms with Gasteiger partial charge in [-0.3, -0.25) is 4.79 Å². The Morgan fingerprint density at radius 3 is 2.58 bits per heavy atom. The molecule has 1 aliphatic heterocycles. The number of hydrogen-bond acceptors (Lipinski definition) is 4. The van der Waals surface area contributed by atoms with Gasteiger partial charge in [-0.15, -0.1) is 11.3 Å². The second-order valence-electron chi connectivity index (χ2n) is 4.86. The van der Waals surface area contributed by atoms with E-state index in [0.717, 1.165) is 36.4 Å². The Morgan fingerprint density at radius 1 is 1.32 bits per heavy atom. The minimum absolute atomic E-state index is 0.157. The second kappa shape index (κ2) is 5.13. The summed E-state index contributed by atoms with van der Waals surface area (Å²) in [5, 5.41) is 10.4. The monoisotopic (exact) mass is 276 g/mol. The van der Waals surface area contributed by atoms with E-state index >= 15 is 0 Å². The molecule has 5 nitrogen and oxygen atoms in total. The van der Waals surface area contributed by atoms with E-state index in [9.17, 15) is 4.79 Å². The Balaban J connectivity index is 1.62. The Kier molecular flexibility index (Phi) is 3.33. The van der Waals surface area contributed by atoms with Crippen LogP contribution in [0.5, 0.6) is 0 Å². The maximum atomic E-state index is 12.3. The van der Waals surface area contributed by atoms with Crippen LogP contribution in [-0.4, -0.2) is 38.9 Å². The van der Waals surface area contributed by atoms with Crippen molar-refractivity contribution in [3.8, 4) is 0 Å². The number of carbonyl (C=O) groups excluding carboxylic acids is 1. The van der Waals surface area contributed by atoms with Gasteiger partial charge in [0.15, 0.2) is 0 Å². The van der Waals surface area contributed by atoms with Crippen LogP contribution in [0, 0.1) is 6.92 Å². The zero-order chi connectivity index (χ0) is 13.2. The van der Waals surface area contributed by atoms with Crippen molar-refractivity contribution in [3.63, 3.8) is 0 Å². The lowest BCUT2D eigenvalue weighted by atomic mass is 10.1. The van der Waals surface area contributed by atoms with Gasteiger partial charge in [0, 0.05) is 13.1 Å². The molecule has 0 unspecified atom stereocenters. The first kappa shape index (κ1) is 12.3. The first-order valence-corrected chi connectivity index (χ1v) is 7.32. The van der Waals surface area contributed by atoms with E-state index in [-0.39, 0.29) is 5.91 Å². The number of carbonyl (C=O) groups is 1. The number of piperidine rings is 1. The van der Waals surface area contributed by atoms with Crippen LogP contribution in [0.2, 0.25) is 0 Å². The lowest BCUT2D eigenvalue weighted by Crippen LogP contribution is -2.39. The number of nitrogens with zero attached hydrogens (tertiary/aromatic N) is 4. The molecule has 0 N–H and O–H groups in total. The van der Waals surface area contributed by atoms with Crippen molar-refractivity contribution in [2.45, 2.75) is 25.8 Å². The molecule has 0 aromatic carbocycles. The molecular weight excluding hydrogens is 260 g/mol. The van der Waals surface area contributed by atoms with E-state index in [0.29, 0.717) is 6.04 Å². The molecule has 3 heterocycles. The summed E-state index contributed by atoms with van der Waals surface area (Å²) >= 11 is 1.53. The molecular formula is C13H16N4OS. The molecule has 0 spiro atoms. The van der Waals surface area contributed by atoms with Crippen molar-refractivity contribution in [1.82, 2.24) is 19.9 Å². The summed E-state index contributed by atoms with van der Waals surface area (Å²) in [5.41, 5.74) is 1.16. The van der Waals surface area contributed by atoms with Gasteiger partial charge < -0.3 is 4.90 Å². The van der Waals surface area contributed by atoms with Crippen molar-refractivity contribution in [1.29, 1.82) is 0 Å². The third kappa shape index (κ3) is 2.53. The highest BCUT2D eigenvalue weighted by molar-refractivity contribution is 7.12. The highest BCUT2D eigenvalue weighted by atomic mass is 32.1. The average molecular weight is 276 g/mol. The van der Waals surface area contributed by atoms with E-state index in [1.165, 1.54) is 11.3 Å². The van der Waals surface area contributed by atoms with Crippen LogP contribution in [0.3, 0.4) is 0 Å². The van der Waals surface area contributed by atoms with Crippen LogP contribution >= 0.6 is 11.3 Å². The summed E-state index contributed by atoms with van der Waals surface area (Å²) in [4.78, 5) is 16.8. The fourth-order valence-electron chi connectivity index (χ4n) is 2.41. The topological polar surface area (TPSA) is 51.0 Å². The molecule has 2 aromatic heterocycles. The molecule has 0 radical (unpaired) electrons. The molecule has 1 aliphatic rings. The molecule has 1 saturated heterocycles. The van der Waals surface area contributed by atoms with Gasteiger partial charge in [0.1, 0.15) is 0 Å². The fraction of sp³-hybridized carbons (Fsp3) is 0.462. The van der Waals surface area contributed by atoms with Gasteiger partial charge in [-0.25, -0.2) is 0 Å². The Bertz CT molecular complexity index is 555. The normalized spacial score (nSPS) is 16.8. The Labute approximate surface area is 115 Å². The largest absolute Gasteiger partial charge is 0.338 e. The first-order chi connectivity index (χ1) is 9.24. The predicted octanol–water partition coefficient (Wildman–Crippen LogP) is 2.13. The van der Waals surface area contributed by atoms with Crippen LogP contribution in [0.1, 0.15) is 34.1 Å². The van der Waals surface area contributed by atoms with Gasteiger partial charge in [-0.2, -0.15) is 15.0 Å². The Morgan fingerprint density at radius 2 is 2.00 bits per heavy atom. The molecule has 0 saturated carbocycles. The van der Waals surface area contributed by atoms with Crippen molar-refractivity contribution in [2.75, 3.05) is 13.1 Å². The van der Waals surface area contributed by atoms with Crippen LogP contribution in [0.4, 0.5) is 0 Å². The summed E-state index contributed by atoms with van der Waals surface area (Å²) in [6.45, 7) is 3.58. The number of thiophene rings is 1. The maximum Gasteiger partial charge on any atom is 0.263 e. The highest BCUT2D eigenvalue weighted by Crippen LogP contribution is 2.23. The zero-order valence-electron chi connectivity index (χ0n) is 10.8. The van der Waals surface area contributed by atoms with E-state index in [1.54, 1.807) is 17.2 Å². The molecule has 100 valence electrons. The summed E-state index contributed by atoms with van der Waals surface area (Å²) in [6.07, 6.45) is 5.24. The molecule has 1 fully saturated rings. The van der Waals surface area contributed by atoms with Gasteiger partial charge in [0.05, 0.1) is 23.3 Å². The predicted molar refractivity (Wildman–Crippen MR) is 73.3 cm³/mol. The number of likely N-dealkylation sites (tertiary alicyclic amines) is 1. The highest BCUT2D eigenvalue weighted by Gasteiger charge is 2.25. The number of aromatic nitrogens is 3. The molecule has 0 atom stereocenters. The number of hydrogen-bond donors (Lipinski definition) is 0. The van der Waals surface area contributed by atoms with Crippen LogP contribution < -0.4 is 0 Å². The standard InChI is InChI=1S/C13H16N4OS/c1-10-8-12(19-9-10)13(18)16-6-2-11(3-7-16)17-14-4-5-15-17/h4-5,8-9,11H,2-3,6-7H2,1H3. The van der Waals surface area contributed by atoms with Crippen molar-refractivity contribution >= 4 is 17.2 Å². The van der Waals surface area contributed by atoms with Gasteiger partial charge in [-0.05, 0) is 36.8 Å². The van der Waals surface area contributed by atoms with Gasteiger partial charge in [0.2, 0.25) is 0 Å². The van der Waals surface area contributed by atoms with E-state index in [2.05, 4.69) is 10.2 Å². The minimum atomic E-state index is 0.157. The summed E-state index contributed by atoms with van der Waals surface area (Å²) in [7, 11) is 0. The zero-order valence-corrected chi connectivity index (χ0v) is 11.6. The van der Waals surface area contributed by atoms with Crippen LogP contribution in [0.15, 0.2) is 23.8 Å². The van der Waals surface area contributed by atoms with Gasteiger partial charge >= 0.3 is 0 Å². The van der Waals surface area contributed by atoms with Gasteiger partial charge in [-0.1, -0.05) is 0 Å². The van der Waals surface area contributed by atoms with Crippen LogP contribution in [0.25, 0.3) is 0 Å². The number of amides is 1. The molecule has 2 aromatic rings. The number of rotatable bonds is 2. The molecule has 6 heteroatoms. The van der Waals surface area contributed by atoms with E-state index in [4.69, 9.17) is 0 Å². The summed E-state index contributed by atoms with van der Waals surface area (Å²) in [5.74, 6) is 0.157. The Hall–Kier alpha value is -1.69. The van der Waals surface area contributed by atoms with Gasteiger partial charge in [0.25, 0.3) is 5.91 Å².